The fourth-order valence-corrected chi connectivity index (χ4v) is 1.64. The van der Waals surface area contributed by atoms with Crippen LogP contribution in [0.2, 0.25) is 0 Å². The molecule has 2 N–H and O–H groups in total. The van der Waals surface area contributed by atoms with Crippen LogP contribution in [0.4, 0.5) is 0 Å². The zero-order valence-corrected chi connectivity index (χ0v) is 8.16. The van der Waals surface area contributed by atoms with Crippen LogP contribution in [0.25, 0.3) is 0 Å². The summed E-state index contributed by atoms with van der Waals surface area (Å²) in [5.41, 5.74) is 5.32. The lowest BCUT2D eigenvalue weighted by molar-refractivity contribution is -0.134. The maximum atomic E-state index is 11.4. The summed E-state index contributed by atoms with van der Waals surface area (Å²) in [5.74, 6) is 0.157. The molecule has 0 radical (unpaired) electrons. The predicted molar refractivity (Wildman–Crippen MR) is 50.3 cm³/mol. The molecule has 0 spiro atoms. The van der Waals surface area contributed by atoms with Gasteiger partial charge < -0.3 is 15.4 Å². The van der Waals surface area contributed by atoms with E-state index in [1.54, 1.807) is 7.11 Å². The van der Waals surface area contributed by atoms with Crippen LogP contribution < -0.4 is 5.73 Å². The molecule has 4 nitrogen and oxygen atoms in total. The second kappa shape index (κ2) is 5.19. The highest BCUT2D eigenvalue weighted by molar-refractivity contribution is 5.76. The van der Waals surface area contributed by atoms with Gasteiger partial charge in [0, 0.05) is 33.2 Å². The maximum absolute atomic E-state index is 11.4. The van der Waals surface area contributed by atoms with E-state index in [4.69, 9.17) is 10.5 Å². The molecule has 4 heteroatoms. The number of ether oxygens (including phenoxy) is 1. The van der Waals surface area contributed by atoms with Crippen LogP contribution in [0.15, 0.2) is 0 Å². The molecule has 1 atom stereocenters. The van der Waals surface area contributed by atoms with Gasteiger partial charge in [-0.3, -0.25) is 4.79 Å². The molecule has 1 rings (SSSR count). The van der Waals surface area contributed by atoms with Gasteiger partial charge in [-0.1, -0.05) is 0 Å². The Morgan fingerprint density at radius 2 is 2.46 bits per heavy atom. The highest BCUT2D eigenvalue weighted by Gasteiger charge is 2.22. The molecule has 0 aliphatic carbocycles. The Kier molecular flexibility index (Phi) is 4.18. The summed E-state index contributed by atoms with van der Waals surface area (Å²) in [5, 5.41) is 0. The first-order valence-electron chi connectivity index (χ1n) is 4.78. The number of amides is 1. The normalized spacial score (nSPS) is 23.2. The molecule has 13 heavy (non-hydrogen) atoms. The molecule has 0 aromatic carbocycles. The van der Waals surface area contributed by atoms with Crippen LogP contribution in [0.3, 0.4) is 0 Å². The van der Waals surface area contributed by atoms with Crippen LogP contribution in [-0.2, 0) is 9.53 Å². The molecule has 0 bridgehead atoms. The summed E-state index contributed by atoms with van der Waals surface area (Å²) >= 11 is 0. The van der Waals surface area contributed by atoms with Crippen LogP contribution in [0.1, 0.15) is 19.3 Å². The number of likely N-dealkylation sites (tertiary alicyclic amines) is 1. The monoisotopic (exact) mass is 186 g/mol. The van der Waals surface area contributed by atoms with Crippen LogP contribution in [0.5, 0.6) is 0 Å². The Bertz CT molecular complexity index is 173. The van der Waals surface area contributed by atoms with E-state index in [1.165, 1.54) is 0 Å². The maximum Gasteiger partial charge on any atom is 0.223 e. The van der Waals surface area contributed by atoms with Crippen molar-refractivity contribution in [1.82, 2.24) is 4.90 Å². The van der Waals surface area contributed by atoms with E-state index in [0.29, 0.717) is 13.0 Å². The molecule has 1 heterocycles. The minimum absolute atomic E-state index is 0.157. The Hall–Kier alpha value is -0.610. The van der Waals surface area contributed by atoms with E-state index >= 15 is 0 Å². The summed E-state index contributed by atoms with van der Waals surface area (Å²) in [7, 11) is 1.70. The summed E-state index contributed by atoms with van der Waals surface area (Å²) in [6.07, 6.45) is 2.77. The number of piperidine rings is 1. The van der Waals surface area contributed by atoms with E-state index in [9.17, 15) is 4.79 Å². The van der Waals surface area contributed by atoms with Crippen molar-refractivity contribution in [2.45, 2.75) is 25.4 Å². The fraction of sp³-hybridized carbons (Fsp3) is 0.889. The number of hydrogen-bond donors (Lipinski definition) is 1. The lowest BCUT2D eigenvalue weighted by atomic mass is 10.1. The van der Waals surface area contributed by atoms with Gasteiger partial charge in [0.25, 0.3) is 0 Å². The zero-order valence-electron chi connectivity index (χ0n) is 8.16. The van der Waals surface area contributed by atoms with Gasteiger partial charge in [0.1, 0.15) is 0 Å². The number of carbonyl (C=O) groups excluding carboxylic acids is 1. The smallest absolute Gasteiger partial charge is 0.223 e. The zero-order chi connectivity index (χ0) is 9.68. The molecule has 1 amide bonds. The van der Waals surface area contributed by atoms with E-state index in [-0.39, 0.29) is 12.0 Å². The fourth-order valence-electron chi connectivity index (χ4n) is 1.64. The lowest BCUT2D eigenvalue weighted by Gasteiger charge is -2.31. The molecule has 0 aromatic rings. The Balaban J connectivity index is 2.37. The highest BCUT2D eigenvalue weighted by Crippen LogP contribution is 2.12. The van der Waals surface area contributed by atoms with Gasteiger partial charge in [0.05, 0.1) is 6.10 Å². The predicted octanol–water partition coefficient (Wildman–Crippen LogP) is -0.0274. The van der Waals surface area contributed by atoms with E-state index in [1.807, 2.05) is 4.90 Å². The first-order chi connectivity index (χ1) is 6.27. The van der Waals surface area contributed by atoms with E-state index in [2.05, 4.69) is 0 Å². The second-order valence-electron chi connectivity index (χ2n) is 3.38. The lowest BCUT2D eigenvalue weighted by Crippen LogP contribution is -2.43. The Morgan fingerprint density at radius 1 is 1.69 bits per heavy atom. The molecule has 1 saturated heterocycles. The van der Waals surface area contributed by atoms with Crippen LogP contribution >= 0.6 is 0 Å². The average Bonchev–Trinajstić information content (AvgIpc) is 2.18. The molecular formula is C9H18N2O2. The number of methoxy groups -OCH3 is 1. The third-order valence-electron chi connectivity index (χ3n) is 2.42. The third kappa shape index (κ3) is 2.97. The molecule has 0 aromatic heterocycles. The number of nitrogens with zero attached hydrogens (tertiary/aromatic N) is 1. The molecular weight excluding hydrogens is 168 g/mol. The molecule has 1 fully saturated rings. The van der Waals surface area contributed by atoms with Gasteiger partial charge >= 0.3 is 0 Å². The van der Waals surface area contributed by atoms with Crippen LogP contribution in [0, 0.1) is 0 Å². The number of rotatable bonds is 3. The van der Waals surface area contributed by atoms with Crippen molar-refractivity contribution in [3.8, 4) is 0 Å². The van der Waals surface area contributed by atoms with Gasteiger partial charge in [-0.05, 0) is 12.8 Å². The summed E-state index contributed by atoms with van der Waals surface area (Å²) in [6.45, 7) is 2.03. The molecule has 0 unspecified atom stereocenters. The van der Waals surface area contributed by atoms with Gasteiger partial charge in [-0.25, -0.2) is 0 Å². The summed E-state index contributed by atoms with van der Waals surface area (Å²) in [6, 6.07) is 0. The number of hydrogen-bond acceptors (Lipinski definition) is 3. The minimum atomic E-state index is 0.157. The SMILES string of the molecule is CO[C@@H]1CCCN(C(=O)CCN)C1. The van der Waals surface area contributed by atoms with Crippen molar-refractivity contribution in [3.05, 3.63) is 0 Å². The van der Waals surface area contributed by atoms with Gasteiger partial charge in [0.15, 0.2) is 0 Å². The van der Waals surface area contributed by atoms with Crippen molar-refractivity contribution < 1.29 is 9.53 Å². The Labute approximate surface area is 79.0 Å². The topological polar surface area (TPSA) is 55.6 Å². The van der Waals surface area contributed by atoms with Crippen LogP contribution in [-0.4, -0.2) is 43.7 Å². The average molecular weight is 186 g/mol. The first kappa shape index (κ1) is 10.5. The summed E-state index contributed by atoms with van der Waals surface area (Å²) < 4.78 is 5.22. The second-order valence-corrected chi connectivity index (χ2v) is 3.38. The summed E-state index contributed by atoms with van der Waals surface area (Å²) in [4.78, 5) is 13.3. The van der Waals surface area contributed by atoms with Gasteiger partial charge in [0.2, 0.25) is 5.91 Å². The van der Waals surface area contributed by atoms with Gasteiger partial charge in [-0.15, -0.1) is 0 Å². The van der Waals surface area contributed by atoms with E-state index < -0.39 is 0 Å². The number of nitrogens with two attached hydrogens (primary N) is 1. The largest absolute Gasteiger partial charge is 0.380 e. The van der Waals surface area contributed by atoms with E-state index in [0.717, 1.165) is 25.9 Å². The molecule has 1 aliphatic heterocycles. The molecule has 76 valence electrons. The molecule has 0 saturated carbocycles. The first-order valence-corrected chi connectivity index (χ1v) is 4.78. The minimum Gasteiger partial charge on any atom is -0.380 e. The van der Waals surface area contributed by atoms with Crippen molar-refractivity contribution in [3.63, 3.8) is 0 Å². The molecule has 1 aliphatic rings. The van der Waals surface area contributed by atoms with Crippen molar-refractivity contribution >= 4 is 5.91 Å². The van der Waals surface area contributed by atoms with Gasteiger partial charge in [-0.2, -0.15) is 0 Å². The van der Waals surface area contributed by atoms with Crippen molar-refractivity contribution in [2.24, 2.45) is 5.73 Å². The highest BCUT2D eigenvalue weighted by atomic mass is 16.5. The van der Waals surface area contributed by atoms with Crippen molar-refractivity contribution in [1.29, 1.82) is 0 Å². The quantitative estimate of drug-likeness (QED) is 0.673. The number of carbonyl (C=O) groups is 1. The van der Waals surface area contributed by atoms with Crippen molar-refractivity contribution in [2.75, 3.05) is 26.7 Å². The standard InChI is InChI=1S/C9H18N2O2/c1-13-8-3-2-6-11(7-8)9(12)4-5-10/h8H,2-7,10H2,1H3/t8-/m1/s1. The Morgan fingerprint density at radius 3 is 3.08 bits per heavy atom. The third-order valence-corrected chi connectivity index (χ3v) is 2.42.